The summed E-state index contributed by atoms with van der Waals surface area (Å²) < 4.78 is 22.4. The first-order valence-corrected chi connectivity index (χ1v) is 11.1. The van der Waals surface area contributed by atoms with Gasteiger partial charge in [-0.1, -0.05) is 17.7 Å². The number of carbonyl (C=O) groups excluding carboxylic acids is 1. The van der Waals surface area contributed by atoms with E-state index in [2.05, 4.69) is 4.98 Å². The molecule has 0 saturated heterocycles. The van der Waals surface area contributed by atoms with Crippen LogP contribution in [0.15, 0.2) is 48.7 Å². The van der Waals surface area contributed by atoms with E-state index < -0.39 is 6.10 Å². The number of hydrogen-bond acceptors (Lipinski definition) is 6. The van der Waals surface area contributed by atoms with E-state index in [4.69, 9.17) is 30.5 Å². The number of methoxy groups -OCH3 is 3. The third kappa shape index (κ3) is 5.54. The number of hydrogen-bond donors (Lipinski definition) is 0. The standard InChI is InChI=1S/C26H29ClN2O5/c1-16-11-20(12-17(2)24(16)27)34-18(3)26(30)29(23-9-7-8-10-28-23)15-19-13-21(31-4)25(33-6)22(14-19)32-5/h7-14,18H,15H2,1-6H3/t18-/m1/s1. The Kier molecular flexibility index (Phi) is 8.23. The second-order valence-electron chi connectivity index (χ2n) is 7.78. The Morgan fingerprint density at radius 3 is 2.12 bits per heavy atom. The van der Waals surface area contributed by atoms with Gasteiger partial charge in [0.15, 0.2) is 17.6 Å². The number of rotatable bonds is 9. The van der Waals surface area contributed by atoms with Crippen LogP contribution in [0.5, 0.6) is 23.0 Å². The highest BCUT2D eigenvalue weighted by molar-refractivity contribution is 6.32. The lowest BCUT2D eigenvalue weighted by atomic mass is 10.1. The lowest BCUT2D eigenvalue weighted by molar-refractivity contribution is -0.124. The maximum atomic E-state index is 13.6. The summed E-state index contributed by atoms with van der Waals surface area (Å²) >= 11 is 6.27. The van der Waals surface area contributed by atoms with Gasteiger partial charge in [-0.15, -0.1) is 0 Å². The van der Waals surface area contributed by atoms with Gasteiger partial charge in [-0.2, -0.15) is 0 Å². The lowest BCUT2D eigenvalue weighted by Gasteiger charge is -2.26. The van der Waals surface area contributed by atoms with Gasteiger partial charge < -0.3 is 18.9 Å². The second-order valence-corrected chi connectivity index (χ2v) is 8.16. The number of ether oxygens (including phenoxy) is 4. The summed E-state index contributed by atoms with van der Waals surface area (Å²) in [5, 5.41) is 0.684. The summed E-state index contributed by atoms with van der Waals surface area (Å²) in [6.07, 6.45) is 0.867. The lowest BCUT2D eigenvalue weighted by Crippen LogP contribution is -2.40. The molecule has 1 atom stereocenters. The maximum Gasteiger partial charge on any atom is 0.269 e. The number of benzene rings is 2. The highest BCUT2D eigenvalue weighted by Crippen LogP contribution is 2.38. The fourth-order valence-corrected chi connectivity index (χ4v) is 3.75. The summed E-state index contributed by atoms with van der Waals surface area (Å²) in [6, 6.07) is 12.7. The van der Waals surface area contributed by atoms with E-state index in [0.29, 0.717) is 33.8 Å². The molecule has 0 aliphatic carbocycles. The molecule has 0 saturated carbocycles. The Balaban J connectivity index is 1.94. The summed E-state index contributed by atoms with van der Waals surface area (Å²) in [7, 11) is 4.65. The van der Waals surface area contributed by atoms with Crippen molar-refractivity contribution in [2.75, 3.05) is 26.2 Å². The van der Waals surface area contributed by atoms with E-state index in [1.165, 1.54) is 0 Å². The van der Waals surface area contributed by atoms with E-state index in [1.807, 2.05) is 44.2 Å². The Morgan fingerprint density at radius 1 is 1.00 bits per heavy atom. The van der Waals surface area contributed by atoms with E-state index in [0.717, 1.165) is 16.7 Å². The molecule has 3 rings (SSSR count). The van der Waals surface area contributed by atoms with Crippen LogP contribution >= 0.6 is 11.6 Å². The average Bonchev–Trinajstić information content (AvgIpc) is 2.85. The molecule has 0 unspecified atom stereocenters. The summed E-state index contributed by atoms with van der Waals surface area (Å²) in [5.74, 6) is 2.31. The Labute approximate surface area is 205 Å². The second kappa shape index (κ2) is 11.1. The predicted octanol–water partition coefficient (Wildman–Crippen LogP) is 5.38. The van der Waals surface area contributed by atoms with E-state index in [-0.39, 0.29) is 12.5 Å². The molecule has 1 amide bonds. The van der Waals surface area contributed by atoms with Crippen LogP contribution in [0, 0.1) is 13.8 Å². The largest absolute Gasteiger partial charge is 0.493 e. The zero-order valence-corrected chi connectivity index (χ0v) is 21.0. The number of nitrogens with zero attached hydrogens (tertiary/aromatic N) is 2. The van der Waals surface area contributed by atoms with Gasteiger partial charge in [-0.05, 0) is 73.9 Å². The molecule has 2 aromatic carbocycles. The van der Waals surface area contributed by atoms with Crippen molar-refractivity contribution in [2.45, 2.75) is 33.4 Å². The minimum atomic E-state index is -0.774. The molecular weight excluding hydrogens is 456 g/mol. The number of aryl methyl sites for hydroxylation is 2. The SMILES string of the molecule is COc1cc(CN(C(=O)[C@@H](C)Oc2cc(C)c(Cl)c(C)c2)c2ccccn2)cc(OC)c1OC. The van der Waals surface area contributed by atoms with Crippen molar-refractivity contribution >= 4 is 23.3 Å². The molecule has 34 heavy (non-hydrogen) atoms. The van der Waals surface area contributed by atoms with Gasteiger partial charge in [0, 0.05) is 11.2 Å². The molecule has 0 fully saturated rings. The van der Waals surface area contributed by atoms with Gasteiger partial charge >= 0.3 is 0 Å². The van der Waals surface area contributed by atoms with Gasteiger partial charge in [0.2, 0.25) is 5.75 Å². The highest BCUT2D eigenvalue weighted by atomic mass is 35.5. The zero-order valence-electron chi connectivity index (χ0n) is 20.2. The molecule has 7 nitrogen and oxygen atoms in total. The van der Waals surface area contributed by atoms with Crippen molar-refractivity contribution in [2.24, 2.45) is 0 Å². The van der Waals surface area contributed by atoms with Crippen molar-refractivity contribution in [3.05, 3.63) is 70.4 Å². The first kappa shape index (κ1) is 25.2. The minimum Gasteiger partial charge on any atom is -0.493 e. The van der Waals surface area contributed by atoms with Crippen LogP contribution in [0.25, 0.3) is 0 Å². The van der Waals surface area contributed by atoms with Gasteiger partial charge in [-0.25, -0.2) is 4.98 Å². The fourth-order valence-electron chi connectivity index (χ4n) is 3.64. The van der Waals surface area contributed by atoms with Crippen LogP contribution in [0.2, 0.25) is 5.02 Å². The van der Waals surface area contributed by atoms with Crippen molar-refractivity contribution < 1.29 is 23.7 Å². The molecule has 3 aromatic rings. The quantitative estimate of drug-likeness (QED) is 0.406. The Morgan fingerprint density at radius 2 is 1.62 bits per heavy atom. The van der Waals surface area contributed by atoms with E-state index in [1.54, 1.807) is 51.5 Å². The molecule has 1 heterocycles. The number of anilines is 1. The molecule has 1 aromatic heterocycles. The molecule has 0 spiro atoms. The van der Waals surface area contributed by atoms with Gasteiger partial charge in [0.1, 0.15) is 11.6 Å². The van der Waals surface area contributed by atoms with E-state index in [9.17, 15) is 4.79 Å². The average molecular weight is 485 g/mol. The maximum absolute atomic E-state index is 13.6. The molecule has 0 radical (unpaired) electrons. The third-order valence-corrected chi connectivity index (χ3v) is 5.92. The van der Waals surface area contributed by atoms with Gasteiger partial charge in [-0.3, -0.25) is 9.69 Å². The first-order chi connectivity index (χ1) is 16.3. The summed E-state index contributed by atoms with van der Waals surface area (Å²) in [5.41, 5.74) is 2.55. The van der Waals surface area contributed by atoms with Gasteiger partial charge in [0.25, 0.3) is 5.91 Å². The molecule has 8 heteroatoms. The molecule has 180 valence electrons. The van der Waals surface area contributed by atoms with Crippen LogP contribution in [0.1, 0.15) is 23.6 Å². The monoisotopic (exact) mass is 484 g/mol. The molecule has 0 bridgehead atoms. The van der Waals surface area contributed by atoms with Crippen molar-refractivity contribution in [1.82, 2.24) is 4.98 Å². The Hall–Kier alpha value is -3.45. The van der Waals surface area contributed by atoms with Crippen molar-refractivity contribution in [1.29, 1.82) is 0 Å². The molecular formula is C26H29ClN2O5. The highest BCUT2D eigenvalue weighted by Gasteiger charge is 2.26. The molecule has 0 aliphatic heterocycles. The molecule has 0 aliphatic rings. The van der Waals surface area contributed by atoms with E-state index >= 15 is 0 Å². The van der Waals surface area contributed by atoms with Crippen LogP contribution in [0.4, 0.5) is 5.82 Å². The predicted molar refractivity (Wildman–Crippen MR) is 133 cm³/mol. The first-order valence-electron chi connectivity index (χ1n) is 10.7. The van der Waals surface area contributed by atoms with Crippen LogP contribution in [-0.2, 0) is 11.3 Å². The fraction of sp³-hybridized carbons (Fsp3) is 0.308. The summed E-state index contributed by atoms with van der Waals surface area (Å²) in [6.45, 7) is 5.74. The van der Waals surface area contributed by atoms with Crippen LogP contribution < -0.4 is 23.8 Å². The minimum absolute atomic E-state index is 0.221. The molecule has 0 N–H and O–H groups in total. The van der Waals surface area contributed by atoms with Crippen LogP contribution in [0.3, 0.4) is 0 Å². The smallest absolute Gasteiger partial charge is 0.269 e. The van der Waals surface area contributed by atoms with Crippen LogP contribution in [-0.4, -0.2) is 38.3 Å². The number of amides is 1. The third-order valence-electron chi connectivity index (χ3n) is 5.33. The van der Waals surface area contributed by atoms with Crippen molar-refractivity contribution in [3.8, 4) is 23.0 Å². The van der Waals surface area contributed by atoms with Gasteiger partial charge in [0.05, 0.1) is 27.9 Å². The number of aromatic nitrogens is 1. The Bertz CT molecular complexity index is 1110. The number of pyridine rings is 1. The normalized spacial score (nSPS) is 11.5. The topological polar surface area (TPSA) is 70.1 Å². The van der Waals surface area contributed by atoms with Crippen molar-refractivity contribution in [3.63, 3.8) is 0 Å². The zero-order chi connectivity index (χ0) is 24.8. The summed E-state index contributed by atoms with van der Waals surface area (Å²) in [4.78, 5) is 19.5. The number of carbonyl (C=O) groups is 1. The number of halogens is 1.